The largest absolute Gasteiger partial charge is 0.467 e. The van der Waals surface area contributed by atoms with E-state index in [1.165, 1.54) is 21.3 Å². The van der Waals surface area contributed by atoms with Gasteiger partial charge in [0, 0.05) is 14.2 Å². The van der Waals surface area contributed by atoms with Gasteiger partial charge < -0.3 is 38.6 Å². The van der Waals surface area contributed by atoms with Gasteiger partial charge in [0.15, 0.2) is 25.0 Å². The van der Waals surface area contributed by atoms with Crippen molar-refractivity contribution in [2.24, 2.45) is 0 Å². The van der Waals surface area contributed by atoms with E-state index in [1.54, 1.807) is 0 Å². The van der Waals surface area contributed by atoms with Gasteiger partial charge in [-0.05, 0) is 12.8 Å². The van der Waals surface area contributed by atoms with Gasteiger partial charge in [0.25, 0.3) is 0 Å². The van der Waals surface area contributed by atoms with Crippen molar-refractivity contribution in [1.29, 1.82) is 0 Å². The Morgan fingerprint density at radius 1 is 1.23 bits per heavy atom. The van der Waals surface area contributed by atoms with Crippen LogP contribution in [0, 0.1) is 0 Å². The topological polar surface area (TPSA) is 113 Å². The first-order valence-corrected chi connectivity index (χ1v) is 6.90. The predicted molar refractivity (Wildman–Crippen MR) is 71.6 cm³/mol. The first-order chi connectivity index (χ1) is 10.5. The Hall–Kier alpha value is -0.810. The number of hydrogen-bond donors (Lipinski definition) is 2. The SMILES string of the molecule is COC(=O)C1CCC(O)C(OCC(OC)OC(CO)OC)O1. The second kappa shape index (κ2) is 10.1. The molecule has 1 rings (SSSR count). The number of aliphatic hydroxyl groups excluding tert-OH is 2. The number of carbonyl (C=O) groups excluding carboxylic acids is 1. The van der Waals surface area contributed by atoms with Crippen LogP contribution in [0.2, 0.25) is 0 Å². The normalized spacial score (nSPS) is 28.1. The van der Waals surface area contributed by atoms with E-state index in [4.69, 9.17) is 28.8 Å². The molecule has 9 nitrogen and oxygen atoms in total. The summed E-state index contributed by atoms with van der Waals surface area (Å²) in [6, 6.07) is 0. The van der Waals surface area contributed by atoms with Crippen LogP contribution in [0.5, 0.6) is 0 Å². The maximum Gasteiger partial charge on any atom is 0.335 e. The zero-order valence-electron chi connectivity index (χ0n) is 13.0. The van der Waals surface area contributed by atoms with Crippen LogP contribution in [0.1, 0.15) is 12.8 Å². The lowest BCUT2D eigenvalue weighted by Crippen LogP contribution is -2.45. The summed E-state index contributed by atoms with van der Waals surface area (Å²) in [6.45, 7) is -0.421. The molecule has 130 valence electrons. The second-order valence-corrected chi connectivity index (χ2v) is 4.64. The van der Waals surface area contributed by atoms with Gasteiger partial charge >= 0.3 is 5.97 Å². The molecule has 1 aliphatic rings. The van der Waals surface area contributed by atoms with Crippen molar-refractivity contribution in [3.8, 4) is 0 Å². The van der Waals surface area contributed by atoms with Crippen molar-refractivity contribution in [3.63, 3.8) is 0 Å². The van der Waals surface area contributed by atoms with E-state index >= 15 is 0 Å². The summed E-state index contributed by atoms with van der Waals surface area (Å²) in [5.41, 5.74) is 0. The van der Waals surface area contributed by atoms with Crippen LogP contribution in [0.4, 0.5) is 0 Å². The predicted octanol–water partition coefficient (Wildman–Crippen LogP) is -1.00. The molecule has 0 amide bonds. The Morgan fingerprint density at radius 2 is 1.91 bits per heavy atom. The van der Waals surface area contributed by atoms with E-state index in [1.807, 2.05) is 0 Å². The molecular weight excluding hydrogens is 300 g/mol. The number of methoxy groups -OCH3 is 3. The smallest absolute Gasteiger partial charge is 0.335 e. The molecule has 0 aromatic heterocycles. The molecule has 0 spiro atoms. The number of ether oxygens (including phenoxy) is 6. The molecule has 22 heavy (non-hydrogen) atoms. The molecule has 1 fully saturated rings. The van der Waals surface area contributed by atoms with Gasteiger partial charge in [0.2, 0.25) is 0 Å². The van der Waals surface area contributed by atoms with E-state index < -0.39 is 37.0 Å². The third kappa shape index (κ3) is 5.76. The Balaban J connectivity index is 2.47. The van der Waals surface area contributed by atoms with Crippen LogP contribution < -0.4 is 0 Å². The fourth-order valence-electron chi connectivity index (χ4n) is 1.91. The van der Waals surface area contributed by atoms with E-state index in [-0.39, 0.29) is 13.2 Å². The maximum absolute atomic E-state index is 11.5. The molecule has 0 radical (unpaired) electrons. The van der Waals surface area contributed by atoms with Gasteiger partial charge in [-0.15, -0.1) is 0 Å². The van der Waals surface area contributed by atoms with E-state index in [0.29, 0.717) is 12.8 Å². The van der Waals surface area contributed by atoms with Crippen LogP contribution in [0.3, 0.4) is 0 Å². The average Bonchev–Trinajstić information content (AvgIpc) is 2.55. The summed E-state index contributed by atoms with van der Waals surface area (Å²) in [5.74, 6) is -0.514. The van der Waals surface area contributed by atoms with Crippen molar-refractivity contribution >= 4 is 5.97 Å². The monoisotopic (exact) mass is 324 g/mol. The fraction of sp³-hybridized carbons (Fsp3) is 0.923. The highest BCUT2D eigenvalue weighted by Gasteiger charge is 2.35. The Kier molecular flexibility index (Phi) is 8.79. The quantitative estimate of drug-likeness (QED) is 0.407. The Morgan fingerprint density at radius 3 is 2.45 bits per heavy atom. The Labute approximate surface area is 129 Å². The highest BCUT2D eigenvalue weighted by Crippen LogP contribution is 2.22. The maximum atomic E-state index is 11.5. The summed E-state index contributed by atoms with van der Waals surface area (Å²) in [6.07, 6.45) is -3.61. The van der Waals surface area contributed by atoms with Crippen molar-refractivity contribution in [2.75, 3.05) is 34.5 Å². The number of esters is 1. The minimum atomic E-state index is -0.991. The molecule has 0 aromatic rings. The summed E-state index contributed by atoms with van der Waals surface area (Å²) < 4.78 is 30.5. The highest BCUT2D eigenvalue weighted by atomic mass is 16.8. The summed E-state index contributed by atoms with van der Waals surface area (Å²) in [7, 11) is 4.04. The first kappa shape index (κ1) is 19.2. The van der Waals surface area contributed by atoms with E-state index in [2.05, 4.69) is 4.74 Å². The number of carbonyl (C=O) groups is 1. The first-order valence-electron chi connectivity index (χ1n) is 6.90. The van der Waals surface area contributed by atoms with E-state index in [0.717, 1.165) is 0 Å². The van der Waals surface area contributed by atoms with Gasteiger partial charge in [-0.1, -0.05) is 0 Å². The zero-order valence-corrected chi connectivity index (χ0v) is 13.0. The molecule has 1 aliphatic heterocycles. The van der Waals surface area contributed by atoms with Crippen LogP contribution in [0.15, 0.2) is 0 Å². The van der Waals surface area contributed by atoms with Crippen molar-refractivity contribution in [3.05, 3.63) is 0 Å². The molecule has 2 N–H and O–H groups in total. The van der Waals surface area contributed by atoms with Crippen molar-refractivity contribution < 1.29 is 43.4 Å². The summed E-state index contributed by atoms with van der Waals surface area (Å²) >= 11 is 0. The van der Waals surface area contributed by atoms with Crippen LogP contribution in [-0.2, 0) is 33.2 Å². The number of aliphatic hydroxyl groups is 2. The Bertz CT molecular complexity index is 321. The van der Waals surface area contributed by atoms with Gasteiger partial charge in [-0.2, -0.15) is 0 Å². The molecule has 0 bridgehead atoms. The lowest BCUT2D eigenvalue weighted by atomic mass is 10.1. The zero-order chi connectivity index (χ0) is 16.5. The molecule has 0 saturated carbocycles. The van der Waals surface area contributed by atoms with Gasteiger partial charge in [0.1, 0.15) is 12.7 Å². The number of rotatable bonds is 9. The van der Waals surface area contributed by atoms with Gasteiger partial charge in [-0.3, -0.25) is 0 Å². The van der Waals surface area contributed by atoms with Gasteiger partial charge in [-0.25, -0.2) is 4.79 Å². The third-order valence-corrected chi connectivity index (χ3v) is 3.18. The average molecular weight is 324 g/mol. The minimum Gasteiger partial charge on any atom is -0.467 e. The molecule has 5 unspecified atom stereocenters. The summed E-state index contributed by atoms with van der Waals surface area (Å²) in [5, 5.41) is 18.8. The molecule has 0 aromatic carbocycles. The number of hydrogen-bond acceptors (Lipinski definition) is 9. The minimum absolute atomic E-state index is 0.0774. The molecule has 1 saturated heterocycles. The standard InChI is InChI=1S/C13H24O9/c1-17-10(6-14)22-11(18-2)7-20-13-8(15)4-5-9(21-13)12(16)19-3/h8-11,13-15H,4-7H2,1-3H3. The fourth-order valence-corrected chi connectivity index (χ4v) is 1.91. The lowest BCUT2D eigenvalue weighted by Gasteiger charge is -2.33. The van der Waals surface area contributed by atoms with Crippen LogP contribution >= 0.6 is 0 Å². The highest BCUT2D eigenvalue weighted by molar-refractivity contribution is 5.74. The molecule has 0 aliphatic carbocycles. The van der Waals surface area contributed by atoms with E-state index in [9.17, 15) is 9.90 Å². The lowest BCUT2D eigenvalue weighted by molar-refractivity contribution is -0.291. The van der Waals surface area contributed by atoms with Crippen LogP contribution in [0.25, 0.3) is 0 Å². The van der Waals surface area contributed by atoms with Crippen LogP contribution in [-0.4, -0.2) is 81.8 Å². The van der Waals surface area contributed by atoms with Gasteiger partial charge in [0.05, 0.1) is 13.7 Å². The molecule has 5 atom stereocenters. The molecular formula is C13H24O9. The van der Waals surface area contributed by atoms with Crippen molar-refractivity contribution in [2.45, 2.75) is 43.9 Å². The molecule has 1 heterocycles. The second-order valence-electron chi connectivity index (χ2n) is 4.64. The third-order valence-electron chi connectivity index (χ3n) is 3.18. The molecule has 9 heteroatoms. The van der Waals surface area contributed by atoms with Crippen molar-refractivity contribution in [1.82, 2.24) is 0 Å². The summed E-state index contributed by atoms with van der Waals surface area (Å²) in [4.78, 5) is 11.5.